The fourth-order valence-electron chi connectivity index (χ4n) is 3.10. The Morgan fingerprint density at radius 2 is 1.77 bits per heavy atom. The van der Waals surface area contributed by atoms with Crippen LogP contribution in [0.1, 0.15) is 16.9 Å². The number of hydrogen-bond donors (Lipinski definition) is 0. The number of amides is 2. The van der Waals surface area contributed by atoms with Gasteiger partial charge in [-0.15, -0.1) is 0 Å². The summed E-state index contributed by atoms with van der Waals surface area (Å²) in [4.78, 5) is 37.1. The summed E-state index contributed by atoms with van der Waals surface area (Å²) in [6.45, 7) is 3.76. The van der Waals surface area contributed by atoms with E-state index in [0.29, 0.717) is 22.8 Å². The zero-order valence-corrected chi connectivity index (χ0v) is 16.9. The van der Waals surface area contributed by atoms with Gasteiger partial charge in [0.2, 0.25) is 0 Å². The van der Waals surface area contributed by atoms with Gasteiger partial charge in [-0.2, -0.15) is 0 Å². The number of aryl methyl sites for hydroxylation is 2. The first kappa shape index (κ1) is 19.7. The quantitative estimate of drug-likeness (QED) is 0.305. The van der Waals surface area contributed by atoms with Gasteiger partial charge < -0.3 is 4.42 Å². The lowest BCUT2D eigenvalue weighted by atomic mass is 10.1. The highest BCUT2D eigenvalue weighted by Gasteiger charge is 2.37. The molecule has 0 atom stereocenters. The third-order valence-corrected chi connectivity index (χ3v) is 5.53. The summed E-state index contributed by atoms with van der Waals surface area (Å²) < 4.78 is 5.76. The average Bonchev–Trinajstić information content (AvgIpc) is 3.29. The highest BCUT2D eigenvalue weighted by molar-refractivity contribution is 8.19. The lowest BCUT2D eigenvalue weighted by Gasteiger charge is -2.15. The smallest absolute Gasteiger partial charge is 0.298 e. The Bertz CT molecular complexity index is 1210. The second-order valence-corrected chi connectivity index (χ2v) is 7.81. The van der Waals surface area contributed by atoms with E-state index < -0.39 is 10.8 Å². The first-order valence-electron chi connectivity index (χ1n) is 9.03. The van der Waals surface area contributed by atoms with Crippen LogP contribution in [0.3, 0.4) is 0 Å². The van der Waals surface area contributed by atoms with Crippen LogP contribution in [-0.2, 0) is 4.79 Å². The van der Waals surface area contributed by atoms with Crippen molar-refractivity contribution in [3.8, 4) is 11.3 Å². The molecule has 0 aliphatic carbocycles. The van der Waals surface area contributed by atoms with Crippen molar-refractivity contribution >= 4 is 40.4 Å². The van der Waals surface area contributed by atoms with Gasteiger partial charge in [0.05, 0.1) is 15.5 Å². The van der Waals surface area contributed by atoms with Gasteiger partial charge in [0.1, 0.15) is 11.5 Å². The molecule has 1 saturated heterocycles. The van der Waals surface area contributed by atoms with Crippen molar-refractivity contribution in [1.82, 2.24) is 0 Å². The van der Waals surface area contributed by atoms with E-state index in [1.807, 2.05) is 32.0 Å². The molecule has 3 aromatic rings. The minimum Gasteiger partial charge on any atom is -0.457 e. The topological polar surface area (TPSA) is 93.7 Å². The van der Waals surface area contributed by atoms with Crippen LogP contribution < -0.4 is 4.90 Å². The molecule has 1 fully saturated rings. The number of imide groups is 1. The first-order valence-corrected chi connectivity index (χ1v) is 9.85. The molecule has 1 aromatic heterocycles. The van der Waals surface area contributed by atoms with E-state index in [0.717, 1.165) is 22.9 Å². The van der Waals surface area contributed by atoms with E-state index in [1.54, 1.807) is 24.3 Å². The molecule has 0 unspecified atom stereocenters. The molecule has 2 heterocycles. The van der Waals surface area contributed by atoms with E-state index in [1.165, 1.54) is 23.1 Å². The number of carbonyl (C=O) groups is 2. The molecule has 2 aromatic carbocycles. The van der Waals surface area contributed by atoms with E-state index in [2.05, 4.69) is 0 Å². The molecule has 1 aliphatic rings. The summed E-state index contributed by atoms with van der Waals surface area (Å²) >= 11 is 0.860. The normalized spacial score (nSPS) is 15.3. The SMILES string of the molecule is Cc1ccc(C)c(N2C(=O)S/C(=C/c3ccc(-c4ccc([N+](=O)[O-])cc4)o3)C2=O)c1. The van der Waals surface area contributed by atoms with Gasteiger partial charge in [0, 0.05) is 23.8 Å². The van der Waals surface area contributed by atoms with Crippen LogP contribution in [0.4, 0.5) is 16.2 Å². The summed E-state index contributed by atoms with van der Waals surface area (Å²) in [6, 6.07) is 15.0. The number of nitro benzene ring substituents is 1. The highest BCUT2D eigenvalue weighted by atomic mass is 32.2. The zero-order valence-electron chi connectivity index (χ0n) is 16.1. The molecule has 0 saturated carbocycles. The summed E-state index contributed by atoms with van der Waals surface area (Å²) in [5.41, 5.74) is 3.03. The second kappa shape index (κ2) is 7.64. The van der Waals surface area contributed by atoms with E-state index in [4.69, 9.17) is 4.42 Å². The van der Waals surface area contributed by atoms with Crippen molar-refractivity contribution in [3.63, 3.8) is 0 Å². The van der Waals surface area contributed by atoms with Crippen LogP contribution in [0.25, 0.3) is 17.4 Å². The predicted octanol–water partition coefficient (Wildman–Crippen LogP) is 5.71. The Balaban J connectivity index is 1.60. The predicted molar refractivity (Wildman–Crippen MR) is 115 cm³/mol. The number of nitrogens with zero attached hydrogens (tertiary/aromatic N) is 2. The molecule has 7 nitrogen and oxygen atoms in total. The van der Waals surface area contributed by atoms with Gasteiger partial charge in [0.15, 0.2) is 0 Å². The van der Waals surface area contributed by atoms with Crippen molar-refractivity contribution in [2.75, 3.05) is 4.90 Å². The number of non-ortho nitro benzene ring substituents is 1. The van der Waals surface area contributed by atoms with E-state index in [9.17, 15) is 19.7 Å². The van der Waals surface area contributed by atoms with Crippen molar-refractivity contribution in [3.05, 3.63) is 86.5 Å². The number of thioether (sulfide) groups is 1. The maximum atomic E-state index is 12.9. The van der Waals surface area contributed by atoms with Gasteiger partial charge in [-0.1, -0.05) is 12.1 Å². The number of hydrogen-bond acceptors (Lipinski definition) is 6. The van der Waals surface area contributed by atoms with Gasteiger partial charge in [-0.3, -0.25) is 19.7 Å². The maximum absolute atomic E-state index is 12.9. The largest absolute Gasteiger partial charge is 0.457 e. The average molecular weight is 420 g/mol. The Hall–Kier alpha value is -3.65. The molecule has 4 rings (SSSR count). The Kier molecular flexibility index (Phi) is 5.01. The number of nitro groups is 1. The molecular weight excluding hydrogens is 404 g/mol. The Labute approximate surface area is 176 Å². The van der Waals surface area contributed by atoms with E-state index >= 15 is 0 Å². The third-order valence-electron chi connectivity index (χ3n) is 4.66. The van der Waals surface area contributed by atoms with Crippen LogP contribution >= 0.6 is 11.8 Å². The minimum absolute atomic E-state index is 0.00866. The maximum Gasteiger partial charge on any atom is 0.298 e. The van der Waals surface area contributed by atoms with Crippen molar-refractivity contribution < 1.29 is 18.9 Å². The number of rotatable bonds is 4. The van der Waals surface area contributed by atoms with E-state index in [-0.39, 0.29) is 15.8 Å². The minimum atomic E-state index is -0.469. The van der Waals surface area contributed by atoms with Gasteiger partial charge >= 0.3 is 0 Å². The van der Waals surface area contributed by atoms with Crippen LogP contribution in [-0.4, -0.2) is 16.1 Å². The van der Waals surface area contributed by atoms with Gasteiger partial charge in [-0.05, 0) is 67.1 Å². The number of furan rings is 1. The lowest BCUT2D eigenvalue weighted by molar-refractivity contribution is -0.384. The van der Waals surface area contributed by atoms with Crippen LogP contribution in [0.15, 0.2) is 63.9 Å². The Morgan fingerprint density at radius 1 is 1.03 bits per heavy atom. The van der Waals surface area contributed by atoms with Crippen molar-refractivity contribution in [2.24, 2.45) is 0 Å². The number of anilines is 1. The second-order valence-electron chi connectivity index (χ2n) is 6.81. The fourth-order valence-corrected chi connectivity index (χ4v) is 3.91. The summed E-state index contributed by atoms with van der Waals surface area (Å²) in [5, 5.41) is 10.4. The van der Waals surface area contributed by atoms with Crippen LogP contribution in [0.5, 0.6) is 0 Å². The molecule has 8 heteroatoms. The Morgan fingerprint density at radius 3 is 2.47 bits per heavy atom. The third kappa shape index (κ3) is 3.65. The number of carbonyl (C=O) groups excluding carboxylic acids is 2. The standard InChI is InChI=1S/C22H16N2O5S/c1-13-3-4-14(2)18(11-13)23-21(25)20(30-22(23)26)12-17-9-10-19(29-17)15-5-7-16(8-6-15)24(27)28/h3-12H,1-2H3/b20-12+. The van der Waals surface area contributed by atoms with Crippen molar-refractivity contribution in [2.45, 2.75) is 13.8 Å². The molecule has 0 radical (unpaired) electrons. The molecule has 0 N–H and O–H groups in total. The fraction of sp³-hybridized carbons (Fsp3) is 0.0909. The van der Waals surface area contributed by atoms with Crippen LogP contribution in [0, 0.1) is 24.0 Å². The van der Waals surface area contributed by atoms with Gasteiger partial charge in [-0.25, -0.2) is 4.90 Å². The molecule has 0 spiro atoms. The molecule has 150 valence electrons. The zero-order chi connectivity index (χ0) is 21.4. The monoisotopic (exact) mass is 420 g/mol. The molecular formula is C22H16N2O5S. The summed E-state index contributed by atoms with van der Waals surface area (Å²) in [6.07, 6.45) is 1.53. The molecule has 1 aliphatic heterocycles. The molecule has 30 heavy (non-hydrogen) atoms. The van der Waals surface area contributed by atoms with Crippen molar-refractivity contribution in [1.29, 1.82) is 0 Å². The summed E-state index contributed by atoms with van der Waals surface area (Å²) in [7, 11) is 0. The molecule has 2 amide bonds. The van der Waals surface area contributed by atoms with Gasteiger partial charge in [0.25, 0.3) is 16.8 Å². The highest BCUT2D eigenvalue weighted by Crippen LogP contribution is 2.38. The first-order chi connectivity index (χ1) is 14.3. The van der Waals surface area contributed by atoms with Crippen LogP contribution in [0.2, 0.25) is 0 Å². The number of benzene rings is 2. The lowest BCUT2D eigenvalue weighted by Crippen LogP contribution is -2.28. The summed E-state index contributed by atoms with van der Waals surface area (Å²) in [5.74, 6) is 0.520. The molecule has 0 bridgehead atoms.